The minimum Gasteiger partial charge on any atom is -0.354 e. The molecule has 0 aliphatic rings. The molecule has 4 aromatic carbocycles. The second-order valence-corrected chi connectivity index (χ2v) is 6.81. The van der Waals surface area contributed by atoms with Crippen molar-refractivity contribution in [3.05, 3.63) is 91.1 Å². The summed E-state index contributed by atoms with van der Waals surface area (Å²) < 4.78 is 2.25. The highest BCUT2D eigenvalue weighted by molar-refractivity contribution is 6.19. The van der Waals surface area contributed by atoms with Crippen LogP contribution in [0.25, 0.3) is 49.2 Å². The number of rotatable bonds is 1. The Morgan fingerprint density at radius 1 is 0.615 bits per heavy atom. The molecule has 2 nitrogen and oxygen atoms in total. The molecular weight excluding hydrogens is 316 g/mol. The minimum absolute atomic E-state index is 1.18. The topological polar surface area (TPSA) is 20.7 Å². The molecule has 122 valence electrons. The van der Waals surface area contributed by atoms with Gasteiger partial charge in [-0.05, 0) is 47.2 Å². The maximum atomic E-state index is 3.66. The Bertz CT molecular complexity index is 1420. The van der Waals surface area contributed by atoms with Crippen LogP contribution in [0.5, 0.6) is 0 Å². The fourth-order valence-corrected chi connectivity index (χ4v) is 4.09. The van der Waals surface area contributed by atoms with Gasteiger partial charge in [0.2, 0.25) is 0 Å². The molecule has 0 fully saturated rings. The molecule has 0 unspecified atom stereocenters. The number of hydrogen-bond donors (Lipinski definition) is 1. The summed E-state index contributed by atoms with van der Waals surface area (Å²) in [5.41, 5.74) is 4.81. The maximum Gasteiger partial charge on any atom is 0.0560 e. The summed E-state index contributed by atoms with van der Waals surface area (Å²) in [6.45, 7) is 0. The molecule has 2 heteroatoms. The van der Waals surface area contributed by atoms with E-state index < -0.39 is 0 Å². The number of fused-ring (bicyclic) bond motifs is 6. The second kappa shape index (κ2) is 4.99. The van der Waals surface area contributed by atoms with Gasteiger partial charge in [0.1, 0.15) is 0 Å². The number of nitrogens with zero attached hydrogens (tertiary/aromatic N) is 1. The predicted molar refractivity (Wildman–Crippen MR) is 110 cm³/mol. The average Bonchev–Trinajstić information content (AvgIpc) is 3.28. The molecule has 2 aromatic heterocycles. The summed E-state index contributed by atoms with van der Waals surface area (Å²) in [7, 11) is 0. The Balaban J connectivity index is 1.71. The summed E-state index contributed by atoms with van der Waals surface area (Å²) in [6.07, 6.45) is 2.15. The van der Waals surface area contributed by atoms with Crippen LogP contribution in [-0.4, -0.2) is 9.55 Å². The zero-order valence-corrected chi connectivity index (χ0v) is 14.1. The van der Waals surface area contributed by atoms with Crippen molar-refractivity contribution in [3.63, 3.8) is 0 Å². The number of H-pyrrole nitrogens is 1. The molecular formula is C24H16N2. The van der Waals surface area contributed by atoms with Crippen molar-refractivity contribution in [3.8, 4) is 5.69 Å². The monoisotopic (exact) mass is 332 g/mol. The molecule has 26 heavy (non-hydrogen) atoms. The van der Waals surface area contributed by atoms with Crippen LogP contribution in [0.4, 0.5) is 0 Å². The molecule has 0 aliphatic heterocycles. The van der Waals surface area contributed by atoms with Crippen molar-refractivity contribution in [1.82, 2.24) is 9.55 Å². The number of hydrogen-bond acceptors (Lipinski definition) is 0. The first-order valence-electron chi connectivity index (χ1n) is 8.88. The van der Waals surface area contributed by atoms with Gasteiger partial charge in [0, 0.05) is 33.6 Å². The van der Waals surface area contributed by atoms with Crippen molar-refractivity contribution in [1.29, 1.82) is 0 Å². The first kappa shape index (κ1) is 13.7. The predicted octanol–water partition coefficient (Wildman–Crippen LogP) is 6.42. The lowest BCUT2D eigenvalue weighted by molar-refractivity contribution is 1.13. The number of aromatic nitrogens is 2. The van der Waals surface area contributed by atoms with Gasteiger partial charge in [-0.15, -0.1) is 0 Å². The van der Waals surface area contributed by atoms with Gasteiger partial charge < -0.3 is 9.55 Å². The first-order chi connectivity index (χ1) is 12.9. The molecule has 0 radical (unpaired) electrons. The molecule has 6 aromatic rings. The lowest BCUT2D eigenvalue weighted by Crippen LogP contribution is -1.90. The van der Waals surface area contributed by atoms with Crippen LogP contribution in [0.3, 0.4) is 0 Å². The third-order valence-corrected chi connectivity index (χ3v) is 5.34. The Hall–Kier alpha value is -3.52. The van der Waals surface area contributed by atoms with Gasteiger partial charge in [-0.2, -0.15) is 0 Å². The van der Waals surface area contributed by atoms with Gasteiger partial charge in [-0.25, -0.2) is 0 Å². The van der Waals surface area contributed by atoms with E-state index in [1.165, 1.54) is 49.2 Å². The van der Waals surface area contributed by atoms with Crippen LogP contribution < -0.4 is 0 Å². The van der Waals surface area contributed by atoms with E-state index in [9.17, 15) is 0 Å². The van der Waals surface area contributed by atoms with Crippen molar-refractivity contribution in [2.24, 2.45) is 0 Å². The zero-order chi connectivity index (χ0) is 17.1. The van der Waals surface area contributed by atoms with Crippen LogP contribution >= 0.6 is 0 Å². The van der Waals surface area contributed by atoms with E-state index in [0.29, 0.717) is 0 Å². The zero-order valence-electron chi connectivity index (χ0n) is 14.1. The van der Waals surface area contributed by atoms with Crippen molar-refractivity contribution in [2.45, 2.75) is 0 Å². The van der Waals surface area contributed by atoms with Gasteiger partial charge in [0.05, 0.1) is 11.0 Å². The van der Waals surface area contributed by atoms with Gasteiger partial charge in [-0.1, -0.05) is 48.5 Å². The highest BCUT2D eigenvalue weighted by Crippen LogP contribution is 2.34. The number of nitrogens with one attached hydrogen (secondary N) is 1. The normalized spacial score (nSPS) is 11.8. The minimum atomic E-state index is 1.18. The first-order valence-corrected chi connectivity index (χ1v) is 8.88. The van der Waals surface area contributed by atoms with Crippen molar-refractivity contribution >= 4 is 43.5 Å². The quantitative estimate of drug-likeness (QED) is 0.359. The highest BCUT2D eigenvalue weighted by Gasteiger charge is 2.11. The summed E-state index contributed by atoms with van der Waals surface area (Å²) >= 11 is 0. The third-order valence-electron chi connectivity index (χ3n) is 5.34. The van der Waals surface area contributed by atoms with E-state index >= 15 is 0 Å². The Morgan fingerprint density at radius 2 is 1.38 bits per heavy atom. The van der Waals surface area contributed by atoms with Crippen molar-refractivity contribution < 1.29 is 0 Å². The molecule has 0 saturated heterocycles. The molecule has 0 saturated carbocycles. The van der Waals surface area contributed by atoms with Gasteiger partial charge in [-0.3, -0.25) is 0 Å². The largest absolute Gasteiger partial charge is 0.354 e. The Morgan fingerprint density at radius 3 is 2.23 bits per heavy atom. The molecule has 2 heterocycles. The SMILES string of the molecule is c1ccc(-n2ccc3c4[nH]c5cc6ccccc6cc5c4ccc32)cc1. The van der Waals surface area contributed by atoms with E-state index in [1.807, 2.05) is 0 Å². The highest BCUT2D eigenvalue weighted by atomic mass is 15.0. The summed E-state index contributed by atoms with van der Waals surface area (Å²) in [4.78, 5) is 3.66. The molecule has 0 spiro atoms. The third kappa shape index (κ3) is 1.81. The number of para-hydroxylation sites is 1. The summed E-state index contributed by atoms with van der Waals surface area (Å²) in [6, 6.07) is 30.3. The van der Waals surface area contributed by atoms with Crippen LogP contribution in [-0.2, 0) is 0 Å². The maximum absolute atomic E-state index is 3.66. The smallest absolute Gasteiger partial charge is 0.0560 e. The number of benzene rings is 4. The van der Waals surface area contributed by atoms with Gasteiger partial charge in [0.15, 0.2) is 0 Å². The van der Waals surface area contributed by atoms with E-state index in [4.69, 9.17) is 0 Å². The fraction of sp³-hybridized carbons (Fsp3) is 0. The fourth-order valence-electron chi connectivity index (χ4n) is 4.09. The van der Waals surface area contributed by atoms with E-state index in [1.54, 1.807) is 0 Å². The average molecular weight is 332 g/mol. The van der Waals surface area contributed by atoms with Crippen LogP contribution in [0.1, 0.15) is 0 Å². The lowest BCUT2D eigenvalue weighted by Gasteiger charge is -2.05. The van der Waals surface area contributed by atoms with Crippen LogP contribution in [0.2, 0.25) is 0 Å². The molecule has 0 amide bonds. The summed E-state index contributed by atoms with van der Waals surface area (Å²) in [5, 5.41) is 6.37. The molecule has 0 aliphatic carbocycles. The molecule has 1 N–H and O–H groups in total. The van der Waals surface area contributed by atoms with Gasteiger partial charge in [0.25, 0.3) is 0 Å². The van der Waals surface area contributed by atoms with E-state index in [-0.39, 0.29) is 0 Å². The van der Waals surface area contributed by atoms with Crippen LogP contribution in [0, 0.1) is 0 Å². The Labute approximate surface area is 150 Å². The second-order valence-electron chi connectivity index (χ2n) is 6.81. The van der Waals surface area contributed by atoms with Gasteiger partial charge >= 0.3 is 0 Å². The molecule has 6 rings (SSSR count). The lowest BCUT2D eigenvalue weighted by atomic mass is 10.1. The van der Waals surface area contributed by atoms with E-state index in [0.717, 1.165) is 0 Å². The van der Waals surface area contributed by atoms with Crippen molar-refractivity contribution in [2.75, 3.05) is 0 Å². The molecule has 0 atom stereocenters. The number of aromatic amines is 1. The Kier molecular flexibility index (Phi) is 2.64. The molecule has 0 bridgehead atoms. The summed E-state index contributed by atoms with van der Waals surface area (Å²) in [5.74, 6) is 0. The standard InChI is InChI=1S/C24H16N2/c1-2-8-18(9-3-1)26-13-12-20-23(26)11-10-19-21-14-16-6-4-5-7-17(16)15-22(21)25-24(19)20/h1-15,25H. The van der Waals surface area contributed by atoms with Crippen LogP contribution in [0.15, 0.2) is 91.1 Å². The van der Waals surface area contributed by atoms with E-state index in [2.05, 4.69) is 101 Å².